The number of thiazole rings is 2. The number of rotatable bonds is 11. The van der Waals surface area contributed by atoms with Crippen molar-refractivity contribution in [2.45, 2.75) is 49.2 Å². The number of carbonyl (C=O) groups is 1. The topological polar surface area (TPSA) is 92.1 Å². The molecule has 0 unspecified atom stereocenters. The molecule has 3 heterocycles. The van der Waals surface area contributed by atoms with Gasteiger partial charge in [-0.3, -0.25) is 4.79 Å². The Kier molecular flexibility index (Phi) is 8.15. The van der Waals surface area contributed by atoms with Crippen molar-refractivity contribution in [1.82, 2.24) is 19.9 Å². The zero-order valence-corrected chi connectivity index (χ0v) is 22.3. The Morgan fingerprint density at radius 1 is 1.06 bits per heavy atom. The highest BCUT2D eigenvalue weighted by molar-refractivity contribution is 8.03. The lowest BCUT2D eigenvalue weighted by molar-refractivity contribution is -0.138. The van der Waals surface area contributed by atoms with Gasteiger partial charge in [-0.05, 0) is 25.8 Å². The van der Waals surface area contributed by atoms with Crippen molar-refractivity contribution in [3.8, 4) is 10.6 Å². The molecule has 7 nitrogen and oxygen atoms in total. The first-order chi connectivity index (χ1) is 16.8. The van der Waals surface area contributed by atoms with Crippen molar-refractivity contribution in [2.24, 2.45) is 0 Å². The summed E-state index contributed by atoms with van der Waals surface area (Å²) in [5, 5.41) is 14.5. The molecule has 0 aliphatic carbocycles. The molecule has 0 bridgehead atoms. The van der Waals surface area contributed by atoms with E-state index in [1.807, 2.05) is 36.0 Å². The van der Waals surface area contributed by atoms with Gasteiger partial charge < -0.3 is 10.0 Å². The van der Waals surface area contributed by atoms with E-state index in [9.17, 15) is 9.90 Å². The quantitative estimate of drug-likeness (QED) is 0.245. The van der Waals surface area contributed by atoms with Gasteiger partial charge in [0, 0.05) is 41.7 Å². The minimum absolute atomic E-state index is 0.590. The van der Waals surface area contributed by atoms with Gasteiger partial charge in [-0.1, -0.05) is 49.0 Å². The Labute approximate surface area is 217 Å². The van der Waals surface area contributed by atoms with Gasteiger partial charge in [0.1, 0.15) is 9.75 Å². The van der Waals surface area contributed by atoms with Crippen LogP contribution in [0.3, 0.4) is 0 Å². The number of thioether (sulfide) groups is 1. The zero-order chi connectivity index (χ0) is 24.8. The molecule has 4 rings (SSSR count). The van der Waals surface area contributed by atoms with Gasteiger partial charge in [0.05, 0.1) is 17.9 Å². The fourth-order valence-corrected chi connectivity index (χ4v) is 6.24. The van der Waals surface area contributed by atoms with Crippen LogP contribution in [0.25, 0.3) is 10.6 Å². The Balaban J connectivity index is 1.49. The van der Waals surface area contributed by atoms with Gasteiger partial charge in [0.15, 0.2) is 4.34 Å². The molecule has 0 aliphatic rings. The summed E-state index contributed by atoms with van der Waals surface area (Å²) >= 11 is 4.38. The fourth-order valence-electron chi connectivity index (χ4n) is 3.19. The highest BCUT2D eigenvalue weighted by Gasteiger charge is 2.29. The van der Waals surface area contributed by atoms with Crippen LogP contribution >= 0.6 is 34.4 Å². The van der Waals surface area contributed by atoms with Crippen molar-refractivity contribution in [3.63, 3.8) is 0 Å². The summed E-state index contributed by atoms with van der Waals surface area (Å²) in [6.07, 6.45) is 5.33. The van der Waals surface area contributed by atoms with Gasteiger partial charge >= 0.3 is 5.97 Å². The summed E-state index contributed by atoms with van der Waals surface area (Å²) < 4.78 is -0.161. The third kappa shape index (κ3) is 6.65. The number of aliphatic carboxylic acids is 1. The van der Waals surface area contributed by atoms with Crippen LogP contribution in [0, 0.1) is 0 Å². The number of carboxylic acids is 1. The van der Waals surface area contributed by atoms with E-state index in [0.717, 1.165) is 38.3 Å². The minimum atomic E-state index is -0.920. The van der Waals surface area contributed by atoms with E-state index in [4.69, 9.17) is 4.98 Å². The standard InChI is InChI=1S/C25H27N5O2S3/c1-4-17-12-26-23(27-13-17)30(14-20-16-33-21(28-20)18-8-6-5-7-9-18)11-10-19-15-34-24(29-19)35-25(2,3)22(31)32/h5-9,12-13,15-16H,4,10-11,14H2,1-3H3,(H,31,32). The summed E-state index contributed by atoms with van der Waals surface area (Å²) in [6, 6.07) is 10.2. The molecule has 0 spiro atoms. The van der Waals surface area contributed by atoms with E-state index in [1.165, 1.54) is 23.1 Å². The van der Waals surface area contributed by atoms with Crippen molar-refractivity contribution in [1.29, 1.82) is 0 Å². The molecule has 0 amide bonds. The Morgan fingerprint density at radius 2 is 1.77 bits per heavy atom. The monoisotopic (exact) mass is 525 g/mol. The van der Waals surface area contributed by atoms with Crippen molar-refractivity contribution < 1.29 is 9.90 Å². The second-order valence-corrected chi connectivity index (χ2v) is 12.0. The van der Waals surface area contributed by atoms with Crippen LogP contribution in [0.1, 0.15) is 37.7 Å². The molecule has 0 radical (unpaired) electrons. The molecular weight excluding hydrogens is 499 g/mol. The van der Waals surface area contributed by atoms with E-state index >= 15 is 0 Å². The van der Waals surface area contributed by atoms with Gasteiger partial charge in [-0.15, -0.1) is 22.7 Å². The number of benzene rings is 1. The maximum Gasteiger partial charge on any atom is 0.319 e. The highest BCUT2D eigenvalue weighted by Crippen LogP contribution is 2.34. The zero-order valence-electron chi connectivity index (χ0n) is 19.8. The number of nitrogens with zero attached hydrogens (tertiary/aromatic N) is 5. The largest absolute Gasteiger partial charge is 0.480 e. The molecule has 1 aromatic carbocycles. The number of aryl methyl sites for hydroxylation is 1. The number of hydrogen-bond donors (Lipinski definition) is 1. The minimum Gasteiger partial charge on any atom is -0.480 e. The van der Waals surface area contributed by atoms with Crippen LogP contribution in [0.2, 0.25) is 0 Å². The molecule has 0 atom stereocenters. The molecule has 4 aromatic rings. The fraction of sp³-hybridized carbons (Fsp3) is 0.320. The van der Waals surface area contributed by atoms with Crippen molar-refractivity contribution in [3.05, 3.63) is 70.4 Å². The normalized spacial score (nSPS) is 11.5. The van der Waals surface area contributed by atoms with Gasteiger partial charge in [0.25, 0.3) is 0 Å². The number of anilines is 1. The van der Waals surface area contributed by atoms with Crippen LogP contribution in [0.4, 0.5) is 5.95 Å². The highest BCUT2D eigenvalue weighted by atomic mass is 32.2. The molecule has 0 fully saturated rings. The third-order valence-corrected chi connectivity index (χ3v) is 8.45. The molecule has 0 saturated heterocycles. The summed E-state index contributed by atoms with van der Waals surface area (Å²) in [5.41, 5.74) is 4.10. The van der Waals surface area contributed by atoms with E-state index < -0.39 is 10.7 Å². The summed E-state index contributed by atoms with van der Waals surface area (Å²) in [4.78, 5) is 32.3. The lowest BCUT2D eigenvalue weighted by Gasteiger charge is -2.21. The van der Waals surface area contributed by atoms with E-state index in [1.54, 1.807) is 25.2 Å². The summed E-state index contributed by atoms with van der Waals surface area (Å²) in [6.45, 7) is 6.72. The van der Waals surface area contributed by atoms with Crippen LogP contribution in [-0.2, 0) is 24.2 Å². The summed E-state index contributed by atoms with van der Waals surface area (Å²) in [7, 11) is 0. The first-order valence-electron chi connectivity index (χ1n) is 11.3. The molecule has 182 valence electrons. The maximum absolute atomic E-state index is 11.4. The molecule has 0 aliphatic heterocycles. The Bertz CT molecular complexity index is 1260. The van der Waals surface area contributed by atoms with E-state index in [0.29, 0.717) is 25.5 Å². The average Bonchev–Trinajstić information content (AvgIpc) is 3.51. The molecule has 35 heavy (non-hydrogen) atoms. The first kappa shape index (κ1) is 25.3. The van der Waals surface area contributed by atoms with Crippen LogP contribution < -0.4 is 4.90 Å². The predicted octanol–water partition coefficient (Wildman–Crippen LogP) is 5.82. The lowest BCUT2D eigenvalue weighted by atomic mass is 10.2. The third-order valence-electron chi connectivity index (χ3n) is 5.33. The smallest absolute Gasteiger partial charge is 0.319 e. The van der Waals surface area contributed by atoms with Gasteiger partial charge in [-0.2, -0.15) is 0 Å². The van der Waals surface area contributed by atoms with E-state index in [-0.39, 0.29) is 0 Å². The second-order valence-electron chi connectivity index (χ2n) is 8.45. The maximum atomic E-state index is 11.4. The first-order valence-corrected chi connectivity index (χ1v) is 13.8. The Morgan fingerprint density at radius 3 is 2.46 bits per heavy atom. The molecule has 1 N–H and O–H groups in total. The van der Waals surface area contributed by atoms with Gasteiger partial charge in [0.2, 0.25) is 5.95 Å². The Hall–Kier alpha value is -2.82. The average molecular weight is 526 g/mol. The molecule has 10 heteroatoms. The second kappa shape index (κ2) is 11.3. The van der Waals surface area contributed by atoms with E-state index in [2.05, 4.69) is 44.3 Å². The van der Waals surface area contributed by atoms with Crippen LogP contribution in [-0.4, -0.2) is 42.3 Å². The molecule has 0 saturated carbocycles. The summed E-state index contributed by atoms with van der Waals surface area (Å²) in [5.74, 6) is -0.190. The van der Waals surface area contributed by atoms with Crippen LogP contribution in [0.5, 0.6) is 0 Å². The van der Waals surface area contributed by atoms with Crippen molar-refractivity contribution >= 4 is 46.4 Å². The SMILES string of the molecule is CCc1cnc(N(CCc2csc(SC(C)(C)C(=O)O)n2)Cc2csc(-c3ccccc3)n2)nc1. The number of carboxylic acid groups (broad SMARTS) is 1. The number of aromatic nitrogens is 4. The molecule has 3 aromatic heterocycles. The molecular formula is C25H27N5O2S3. The van der Waals surface area contributed by atoms with Crippen molar-refractivity contribution in [2.75, 3.05) is 11.4 Å². The van der Waals surface area contributed by atoms with Gasteiger partial charge in [-0.25, -0.2) is 19.9 Å². The lowest BCUT2D eigenvalue weighted by Crippen LogP contribution is -2.27. The number of hydrogen-bond acceptors (Lipinski definition) is 9. The predicted molar refractivity (Wildman–Crippen MR) is 143 cm³/mol. The van der Waals surface area contributed by atoms with Crippen LogP contribution in [0.15, 0.2) is 57.8 Å².